The second-order valence-corrected chi connectivity index (χ2v) is 1.59. The van der Waals surface area contributed by atoms with Gasteiger partial charge in [-0.3, -0.25) is 0 Å². The van der Waals surface area contributed by atoms with Crippen LogP contribution in [0.4, 0.5) is 0 Å². The van der Waals surface area contributed by atoms with E-state index in [2.05, 4.69) is 13.8 Å². The van der Waals surface area contributed by atoms with Crippen molar-refractivity contribution in [3.63, 3.8) is 0 Å². The van der Waals surface area contributed by atoms with E-state index in [1.807, 2.05) is 6.92 Å². The number of hydrogen-bond donors (Lipinski definition) is 0. The van der Waals surface area contributed by atoms with Crippen molar-refractivity contribution in [2.75, 3.05) is 6.61 Å². The Morgan fingerprint density at radius 2 is 2.12 bits per heavy atom. The van der Waals surface area contributed by atoms with Crippen LogP contribution in [-0.4, -0.2) is 12.7 Å². The van der Waals surface area contributed by atoms with Crippen molar-refractivity contribution in [2.45, 2.75) is 26.4 Å². The molecule has 0 heterocycles. The van der Waals surface area contributed by atoms with Gasteiger partial charge in [-0.25, -0.2) is 0 Å². The van der Waals surface area contributed by atoms with Gasteiger partial charge in [0, 0.05) is 0 Å². The molecule has 0 aliphatic heterocycles. The minimum atomic E-state index is 0. The predicted octanol–water partition coefficient (Wildman–Crippen LogP) is 1.64. The topological polar surface area (TPSA) is 9.23 Å². The first-order chi connectivity index (χ1) is 3.31. The van der Waals surface area contributed by atoms with E-state index in [9.17, 15) is 0 Å². The normalized spacial score (nSPS) is 12.4. The van der Waals surface area contributed by atoms with E-state index < -0.39 is 0 Å². The zero-order chi connectivity index (χ0) is 5.70. The third-order valence-electron chi connectivity index (χ3n) is 0.977. The first kappa shape index (κ1) is 10.0. The molecule has 0 saturated heterocycles. The van der Waals surface area contributed by atoms with Gasteiger partial charge in [-0.05, 0) is 13.3 Å². The summed E-state index contributed by atoms with van der Waals surface area (Å²) in [7, 11) is 0. The molecule has 46 valence electrons. The molecular weight excluding hydrogens is 355 g/mol. The van der Waals surface area contributed by atoms with Crippen molar-refractivity contribution in [3.8, 4) is 0 Å². The van der Waals surface area contributed by atoms with E-state index in [1.54, 1.807) is 0 Å². The SMILES string of the molecule is [CH2-]COC(C)CC.[Rf]. The molecule has 0 aromatic carbocycles. The van der Waals surface area contributed by atoms with E-state index in [0.29, 0.717) is 12.7 Å². The summed E-state index contributed by atoms with van der Waals surface area (Å²) in [5.74, 6) is 0. The maximum absolute atomic E-state index is 5.08. The maximum atomic E-state index is 5.08. The molecule has 0 N–H and O–H groups in total. The van der Waals surface area contributed by atoms with E-state index in [4.69, 9.17) is 4.74 Å². The average Bonchev–Trinajstić information content (AvgIpc) is 1.68. The van der Waals surface area contributed by atoms with Crippen LogP contribution in [0.2, 0.25) is 0 Å². The Morgan fingerprint density at radius 1 is 1.62 bits per heavy atom. The van der Waals surface area contributed by atoms with Gasteiger partial charge in [-0.15, -0.1) is 0 Å². The van der Waals surface area contributed by atoms with Crippen LogP contribution in [0, 0.1) is 6.92 Å². The monoisotopic (exact) mass is 368 g/mol. The van der Waals surface area contributed by atoms with Gasteiger partial charge in [0.05, 0.1) is 6.10 Å². The van der Waals surface area contributed by atoms with E-state index in [1.165, 1.54) is 0 Å². The van der Waals surface area contributed by atoms with E-state index >= 15 is 0 Å². The van der Waals surface area contributed by atoms with Crippen molar-refractivity contribution < 1.29 is 4.74 Å². The van der Waals surface area contributed by atoms with Gasteiger partial charge in [0.25, 0.3) is 0 Å². The van der Waals surface area contributed by atoms with Crippen LogP contribution >= 0.6 is 0 Å². The van der Waals surface area contributed by atoms with Gasteiger partial charge >= 0.3 is 0 Å². The molecule has 0 aliphatic rings. The molecule has 0 aromatic heterocycles. The smallest absolute Gasteiger partial charge is 0.0508 e. The first-order valence-corrected chi connectivity index (χ1v) is 2.72. The van der Waals surface area contributed by atoms with Crippen LogP contribution in [0.25, 0.3) is 0 Å². The van der Waals surface area contributed by atoms with Crippen molar-refractivity contribution in [3.05, 3.63) is 6.92 Å². The fraction of sp³-hybridized carbons (Fsp3) is 0.833. The van der Waals surface area contributed by atoms with Crippen molar-refractivity contribution in [1.29, 1.82) is 0 Å². The fourth-order valence-corrected chi connectivity index (χ4v) is 0.319. The molecular formula is C6H13ORf-. The van der Waals surface area contributed by atoms with Gasteiger partial charge in [-0.2, -0.15) is 0 Å². The fourth-order valence-electron chi connectivity index (χ4n) is 0.319. The zero-order valence-electron chi connectivity index (χ0n) is 5.81. The molecule has 8 heavy (non-hydrogen) atoms. The Hall–Kier alpha value is -1.04. The maximum Gasteiger partial charge on any atom is 0.0508 e. The van der Waals surface area contributed by atoms with Crippen molar-refractivity contribution in [1.82, 2.24) is 0 Å². The number of hydrogen-bond acceptors (Lipinski definition) is 1. The Morgan fingerprint density at radius 3 is 2.25 bits per heavy atom. The molecule has 0 bridgehead atoms. The summed E-state index contributed by atoms with van der Waals surface area (Å²) in [6, 6.07) is 0. The second-order valence-electron chi connectivity index (χ2n) is 1.59. The number of rotatable bonds is 3. The standard InChI is InChI=1S/C6H13O.Rf/c1-4-6(3)7-5-2;/h6H,2,4-5H2,1,3H3;/q-1;. The largest absolute Gasteiger partial charge is 0.410 e. The van der Waals surface area contributed by atoms with Crippen LogP contribution < -0.4 is 0 Å². The van der Waals surface area contributed by atoms with Gasteiger partial charge < -0.3 is 11.7 Å². The minimum absolute atomic E-state index is 0. The van der Waals surface area contributed by atoms with Crippen LogP contribution in [0.1, 0.15) is 20.3 Å². The molecule has 2 heteroatoms. The Labute approximate surface area is 45.7 Å². The quantitative estimate of drug-likeness (QED) is 0.689. The van der Waals surface area contributed by atoms with E-state index in [-0.39, 0.29) is 0 Å². The van der Waals surface area contributed by atoms with Crippen LogP contribution in [0.5, 0.6) is 0 Å². The van der Waals surface area contributed by atoms with Crippen molar-refractivity contribution >= 4 is 0 Å². The first-order valence-electron chi connectivity index (χ1n) is 2.72. The summed E-state index contributed by atoms with van der Waals surface area (Å²) in [5.41, 5.74) is 0. The Bertz CT molecular complexity index is 39.5. The summed E-state index contributed by atoms with van der Waals surface area (Å²) >= 11 is 0. The molecule has 1 unspecified atom stereocenters. The predicted molar refractivity (Wildman–Crippen MR) is 31.1 cm³/mol. The third kappa shape index (κ3) is 4.96. The summed E-state index contributed by atoms with van der Waals surface area (Å²) in [4.78, 5) is 0. The summed E-state index contributed by atoms with van der Waals surface area (Å²) < 4.78 is 5.08. The van der Waals surface area contributed by atoms with Gasteiger partial charge in [0.1, 0.15) is 0 Å². The minimum Gasteiger partial charge on any atom is -0.410 e. The van der Waals surface area contributed by atoms with Crippen LogP contribution in [0.15, 0.2) is 0 Å². The molecule has 0 rings (SSSR count). The van der Waals surface area contributed by atoms with Gasteiger partial charge in [0.2, 0.25) is 0 Å². The molecule has 0 aromatic rings. The molecule has 0 spiro atoms. The van der Waals surface area contributed by atoms with Gasteiger partial charge in [0.15, 0.2) is 0 Å². The number of ether oxygens (including phenoxy) is 1. The summed E-state index contributed by atoms with van der Waals surface area (Å²) in [5, 5.41) is 0. The third-order valence-corrected chi connectivity index (χ3v) is 0.977. The molecule has 0 saturated carbocycles. The zero-order valence-corrected chi connectivity index (χ0v) is 12.2. The Balaban J connectivity index is 0. The van der Waals surface area contributed by atoms with Gasteiger partial charge in [-0.1, -0.05) is 13.5 Å². The summed E-state index contributed by atoms with van der Waals surface area (Å²) in [6.07, 6.45) is 1.47. The second kappa shape index (κ2) is 5.96. The molecule has 0 radical (unpaired) electrons. The molecule has 0 amide bonds. The molecule has 1 atom stereocenters. The van der Waals surface area contributed by atoms with Crippen molar-refractivity contribution in [2.24, 2.45) is 0 Å². The van der Waals surface area contributed by atoms with Crippen LogP contribution in [0.3, 0.4) is 0 Å². The molecule has 0 aliphatic carbocycles. The Kier molecular flexibility index (Phi) is 7.49. The average molecular weight is 368 g/mol. The molecule has 1 nitrogen and oxygen atoms in total. The van der Waals surface area contributed by atoms with E-state index in [0.717, 1.165) is 6.42 Å². The molecule has 0 fully saturated rings. The summed E-state index contributed by atoms with van der Waals surface area (Å²) in [6.45, 7) is 8.29. The van der Waals surface area contributed by atoms with Crippen LogP contribution in [-0.2, 0) is 4.74 Å².